The molecule has 0 bridgehead atoms. The maximum Gasteiger partial charge on any atom is 0.244 e. The number of amides is 1. The van der Waals surface area contributed by atoms with Gasteiger partial charge in [0.25, 0.3) is 0 Å². The zero-order valence-electron chi connectivity index (χ0n) is 12.5. The molecule has 1 aromatic rings. The molecular formula is C14H19N5O2. The second kappa shape index (κ2) is 6.50. The van der Waals surface area contributed by atoms with Gasteiger partial charge in [-0.3, -0.25) is 4.79 Å². The number of hydrogen-bond acceptors (Lipinski definition) is 6. The summed E-state index contributed by atoms with van der Waals surface area (Å²) in [5.74, 6) is 0.330. The van der Waals surface area contributed by atoms with Crippen LogP contribution in [-0.4, -0.2) is 53.3 Å². The Morgan fingerprint density at radius 3 is 2.67 bits per heavy atom. The monoisotopic (exact) mass is 289 g/mol. The van der Waals surface area contributed by atoms with Gasteiger partial charge >= 0.3 is 0 Å². The van der Waals surface area contributed by atoms with Crippen molar-refractivity contribution in [3.05, 3.63) is 16.8 Å². The molecular weight excluding hydrogens is 270 g/mol. The second-order valence-electron chi connectivity index (χ2n) is 5.05. The van der Waals surface area contributed by atoms with Gasteiger partial charge in [-0.2, -0.15) is 10.4 Å². The van der Waals surface area contributed by atoms with Gasteiger partial charge in [0.15, 0.2) is 5.82 Å². The van der Waals surface area contributed by atoms with Gasteiger partial charge in [-0.05, 0) is 26.3 Å². The lowest BCUT2D eigenvalue weighted by Gasteiger charge is -2.29. The number of anilines is 1. The largest absolute Gasteiger partial charge is 0.378 e. The van der Waals surface area contributed by atoms with E-state index in [-0.39, 0.29) is 5.91 Å². The van der Waals surface area contributed by atoms with Crippen molar-refractivity contribution >= 4 is 11.7 Å². The number of nitrogens with zero attached hydrogens (tertiary/aromatic N) is 4. The molecule has 0 spiro atoms. The summed E-state index contributed by atoms with van der Waals surface area (Å²) in [7, 11) is 0. The topological polar surface area (TPSA) is 91.1 Å². The highest BCUT2D eigenvalue weighted by Crippen LogP contribution is 2.18. The number of nitriles is 1. The molecule has 0 aliphatic carbocycles. The summed E-state index contributed by atoms with van der Waals surface area (Å²) < 4.78 is 5.23. The lowest BCUT2D eigenvalue weighted by Crippen LogP contribution is -2.47. The molecule has 1 aliphatic rings. The van der Waals surface area contributed by atoms with E-state index in [0.717, 1.165) is 5.56 Å². The van der Waals surface area contributed by atoms with Crippen molar-refractivity contribution in [1.82, 2.24) is 15.1 Å². The van der Waals surface area contributed by atoms with Crippen LogP contribution in [0.2, 0.25) is 0 Å². The molecule has 1 atom stereocenters. The number of carbonyl (C=O) groups is 1. The zero-order valence-corrected chi connectivity index (χ0v) is 12.5. The molecule has 1 fully saturated rings. The molecule has 1 aromatic heterocycles. The molecule has 7 nitrogen and oxygen atoms in total. The Morgan fingerprint density at radius 2 is 2.05 bits per heavy atom. The Balaban J connectivity index is 2.12. The minimum Gasteiger partial charge on any atom is -0.378 e. The Morgan fingerprint density at radius 1 is 1.38 bits per heavy atom. The minimum absolute atomic E-state index is 0.0257. The second-order valence-corrected chi connectivity index (χ2v) is 5.05. The lowest BCUT2D eigenvalue weighted by molar-refractivity contribution is -0.135. The summed E-state index contributed by atoms with van der Waals surface area (Å²) in [6.45, 7) is 7.69. The summed E-state index contributed by atoms with van der Waals surface area (Å²) in [4.78, 5) is 14.1. The van der Waals surface area contributed by atoms with Crippen molar-refractivity contribution in [2.24, 2.45) is 0 Å². The number of aryl methyl sites for hydroxylation is 1. The Kier molecular flexibility index (Phi) is 4.70. The predicted octanol–water partition coefficient (Wildman–Crippen LogP) is 0.624. The van der Waals surface area contributed by atoms with Crippen molar-refractivity contribution in [2.45, 2.75) is 26.8 Å². The van der Waals surface area contributed by atoms with Crippen LogP contribution in [0.25, 0.3) is 0 Å². The van der Waals surface area contributed by atoms with E-state index in [1.54, 1.807) is 18.7 Å². The summed E-state index contributed by atoms with van der Waals surface area (Å²) in [5.41, 5.74) is 1.93. The number of nitrogens with one attached hydrogen (secondary N) is 1. The Labute approximate surface area is 123 Å². The van der Waals surface area contributed by atoms with Gasteiger partial charge in [-0.15, -0.1) is 5.10 Å². The van der Waals surface area contributed by atoms with Gasteiger partial charge < -0.3 is 15.0 Å². The molecule has 2 rings (SSSR count). The molecule has 1 saturated heterocycles. The maximum atomic E-state index is 12.3. The van der Waals surface area contributed by atoms with Gasteiger partial charge in [0.05, 0.1) is 18.9 Å². The number of aromatic nitrogens is 2. The van der Waals surface area contributed by atoms with E-state index in [1.807, 2.05) is 6.92 Å². The molecule has 112 valence electrons. The van der Waals surface area contributed by atoms with Crippen LogP contribution < -0.4 is 5.32 Å². The highest BCUT2D eigenvalue weighted by atomic mass is 16.5. The van der Waals surface area contributed by atoms with Crippen LogP contribution in [0, 0.1) is 25.2 Å². The summed E-state index contributed by atoms with van der Waals surface area (Å²) in [5, 5.41) is 20.3. The third-order valence-corrected chi connectivity index (χ3v) is 3.61. The molecule has 2 heterocycles. The first kappa shape index (κ1) is 15.2. The third-order valence-electron chi connectivity index (χ3n) is 3.61. The van der Waals surface area contributed by atoms with E-state index >= 15 is 0 Å². The van der Waals surface area contributed by atoms with Crippen LogP contribution in [0.5, 0.6) is 0 Å². The van der Waals surface area contributed by atoms with Gasteiger partial charge in [-0.1, -0.05) is 0 Å². The maximum absolute atomic E-state index is 12.3. The normalized spacial score (nSPS) is 16.2. The van der Waals surface area contributed by atoms with Gasteiger partial charge in [0, 0.05) is 13.1 Å². The number of morpholine rings is 1. The average molecular weight is 289 g/mol. The fourth-order valence-corrected chi connectivity index (χ4v) is 2.17. The molecule has 21 heavy (non-hydrogen) atoms. The van der Waals surface area contributed by atoms with E-state index in [0.29, 0.717) is 43.4 Å². The number of carbonyl (C=O) groups excluding carboxylic acids is 1. The van der Waals surface area contributed by atoms with Crippen LogP contribution in [-0.2, 0) is 9.53 Å². The van der Waals surface area contributed by atoms with E-state index in [9.17, 15) is 10.1 Å². The van der Waals surface area contributed by atoms with Crippen LogP contribution in [0.3, 0.4) is 0 Å². The van der Waals surface area contributed by atoms with Crippen molar-refractivity contribution < 1.29 is 9.53 Å². The van der Waals surface area contributed by atoms with Gasteiger partial charge in [0.2, 0.25) is 5.91 Å². The Bertz CT molecular complexity index is 575. The summed E-state index contributed by atoms with van der Waals surface area (Å²) >= 11 is 0. The van der Waals surface area contributed by atoms with Crippen molar-refractivity contribution in [3.63, 3.8) is 0 Å². The fraction of sp³-hybridized carbons (Fsp3) is 0.571. The predicted molar refractivity (Wildman–Crippen MR) is 76.7 cm³/mol. The van der Waals surface area contributed by atoms with Gasteiger partial charge in [-0.25, -0.2) is 0 Å². The standard InChI is InChI=1S/C14H19N5O2/c1-9-10(2)17-18-13(12(9)8-15)16-11(3)14(20)19-4-6-21-7-5-19/h11H,4-7H2,1-3H3,(H,16,18). The number of hydrogen-bond donors (Lipinski definition) is 1. The van der Waals surface area contributed by atoms with Crippen LogP contribution in [0.4, 0.5) is 5.82 Å². The third kappa shape index (κ3) is 3.28. The lowest BCUT2D eigenvalue weighted by atomic mass is 10.1. The summed E-state index contributed by atoms with van der Waals surface area (Å²) in [6, 6.07) is 1.65. The van der Waals surface area contributed by atoms with Crippen molar-refractivity contribution in [1.29, 1.82) is 5.26 Å². The molecule has 7 heteroatoms. The van der Waals surface area contributed by atoms with E-state index in [4.69, 9.17) is 4.74 Å². The van der Waals surface area contributed by atoms with Gasteiger partial charge in [0.1, 0.15) is 17.7 Å². The van der Waals surface area contributed by atoms with Crippen LogP contribution in [0.1, 0.15) is 23.7 Å². The van der Waals surface area contributed by atoms with E-state index in [1.165, 1.54) is 0 Å². The molecule has 0 saturated carbocycles. The van der Waals surface area contributed by atoms with Crippen molar-refractivity contribution in [3.8, 4) is 6.07 Å². The number of rotatable bonds is 3. The number of ether oxygens (including phenoxy) is 1. The molecule has 1 aliphatic heterocycles. The van der Waals surface area contributed by atoms with Crippen molar-refractivity contribution in [2.75, 3.05) is 31.6 Å². The highest BCUT2D eigenvalue weighted by molar-refractivity contribution is 5.84. The highest BCUT2D eigenvalue weighted by Gasteiger charge is 2.24. The smallest absolute Gasteiger partial charge is 0.244 e. The first-order chi connectivity index (χ1) is 10.0. The SMILES string of the molecule is Cc1nnc(NC(C)C(=O)N2CCOCC2)c(C#N)c1C. The fourth-order valence-electron chi connectivity index (χ4n) is 2.17. The zero-order chi connectivity index (χ0) is 15.4. The molecule has 0 radical (unpaired) electrons. The molecule has 1 N–H and O–H groups in total. The first-order valence-corrected chi connectivity index (χ1v) is 6.91. The molecule has 0 aromatic carbocycles. The van der Waals surface area contributed by atoms with E-state index < -0.39 is 6.04 Å². The average Bonchev–Trinajstić information content (AvgIpc) is 2.51. The first-order valence-electron chi connectivity index (χ1n) is 6.91. The summed E-state index contributed by atoms with van der Waals surface area (Å²) in [6.07, 6.45) is 0. The Hall–Kier alpha value is -2.20. The molecule has 1 unspecified atom stereocenters. The van der Waals surface area contributed by atoms with E-state index in [2.05, 4.69) is 21.6 Å². The minimum atomic E-state index is -0.466. The van der Waals surface area contributed by atoms with Crippen LogP contribution >= 0.6 is 0 Å². The quantitative estimate of drug-likeness (QED) is 0.877. The molecule has 1 amide bonds. The van der Waals surface area contributed by atoms with Crippen LogP contribution in [0.15, 0.2) is 0 Å².